The zero-order valence-electron chi connectivity index (χ0n) is 33.5. The first-order valence-electron chi connectivity index (χ1n) is 21.3. The molecule has 0 fully saturated rings. The number of aromatic nitrogens is 1. The summed E-state index contributed by atoms with van der Waals surface area (Å²) in [5, 5.41) is 16.6. The zero-order chi connectivity index (χ0) is 40.3. The third-order valence-electron chi connectivity index (χ3n) is 12.8. The van der Waals surface area contributed by atoms with Crippen molar-refractivity contribution in [1.82, 2.24) is 9.88 Å². The van der Waals surface area contributed by atoms with Gasteiger partial charge in [-0.1, -0.05) is 182 Å². The van der Waals surface area contributed by atoms with E-state index in [1.165, 1.54) is 104 Å². The molecule has 0 saturated carbocycles. The summed E-state index contributed by atoms with van der Waals surface area (Å²) in [4.78, 5) is 0. The summed E-state index contributed by atoms with van der Waals surface area (Å²) in [6, 6.07) is 79.9. The number of benzene rings is 10. The molecule has 0 spiro atoms. The number of hydrogen-bond acceptors (Lipinski definition) is 1. The lowest BCUT2D eigenvalue weighted by Crippen LogP contribution is -2.87. The molecule has 3 heteroatoms. The molecule has 1 aromatic heterocycles. The SMILES string of the molecule is C1=C(c2ccccc2)[NH2+]C(c2ccc(-c3ccccc3)cc2)NC1c1ccc(-c2cc3c4ccccc4c4c(c5ccccc5n4-c4ccccc4)c3c3ccccc23)cc1. The van der Waals surface area contributed by atoms with Gasteiger partial charge in [-0.3, -0.25) is 10.6 Å². The molecule has 2 unspecified atom stereocenters. The van der Waals surface area contributed by atoms with E-state index in [9.17, 15) is 0 Å². The standard InChI is InChI=1S/C58H41N3/c1-4-16-38(17-5-1)39-28-34-43(35-29-39)58-59-52(41-18-6-2-7-19-41)37-53(60-58)42-32-30-40(31-33-42)50-36-51-46-23-11-13-25-48(46)57-56(55(51)47-24-12-10-22-45(47)50)49-26-14-15-27-54(49)61(57)44-20-8-3-9-21-44/h1-37,53,58-60H/p+1. The van der Waals surface area contributed by atoms with E-state index in [0.29, 0.717) is 0 Å². The van der Waals surface area contributed by atoms with Crippen molar-refractivity contribution in [1.29, 1.82) is 0 Å². The fourth-order valence-electron chi connectivity index (χ4n) is 9.91. The maximum absolute atomic E-state index is 3.99. The molecular formula is C58H42N3+. The molecule has 2 atom stereocenters. The van der Waals surface area contributed by atoms with Crippen LogP contribution in [0.3, 0.4) is 0 Å². The van der Waals surface area contributed by atoms with Crippen LogP contribution in [0.5, 0.6) is 0 Å². The Hall–Kier alpha value is -7.56. The molecule has 1 aliphatic heterocycles. The van der Waals surface area contributed by atoms with Gasteiger partial charge in [0.15, 0.2) is 6.17 Å². The number of rotatable bonds is 6. The van der Waals surface area contributed by atoms with Crippen LogP contribution >= 0.6 is 0 Å². The molecule has 0 radical (unpaired) electrons. The Balaban J connectivity index is 0.993. The maximum Gasteiger partial charge on any atom is 0.171 e. The van der Waals surface area contributed by atoms with Crippen molar-refractivity contribution in [2.24, 2.45) is 0 Å². The van der Waals surface area contributed by atoms with Crippen LogP contribution in [0.25, 0.3) is 87.8 Å². The van der Waals surface area contributed by atoms with Crippen molar-refractivity contribution in [3.63, 3.8) is 0 Å². The maximum atomic E-state index is 3.99. The van der Waals surface area contributed by atoms with E-state index < -0.39 is 0 Å². The Morgan fingerprint density at radius 1 is 0.393 bits per heavy atom. The van der Waals surface area contributed by atoms with Gasteiger partial charge in [-0.2, -0.15) is 0 Å². The predicted molar refractivity (Wildman–Crippen MR) is 256 cm³/mol. The summed E-state index contributed by atoms with van der Waals surface area (Å²) < 4.78 is 2.47. The molecule has 10 aromatic carbocycles. The van der Waals surface area contributed by atoms with Crippen LogP contribution in [-0.4, -0.2) is 4.57 Å². The average Bonchev–Trinajstić information content (AvgIpc) is 3.70. The van der Waals surface area contributed by atoms with Gasteiger partial charge in [-0.05, 0) is 91.8 Å². The van der Waals surface area contributed by atoms with Crippen LogP contribution < -0.4 is 10.6 Å². The number of nitrogens with one attached hydrogen (secondary N) is 1. The average molecular weight is 781 g/mol. The minimum Gasteiger partial charge on any atom is -0.309 e. The van der Waals surface area contributed by atoms with Crippen molar-refractivity contribution in [3.05, 3.63) is 241 Å². The molecular weight excluding hydrogens is 739 g/mol. The van der Waals surface area contributed by atoms with Crippen molar-refractivity contribution >= 4 is 59.8 Å². The first kappa shape index (κ1) is 35.4. The molecule has 3 nitrogen and oxygen atoms in total. The minimum absolute atomic E-state index is 0.0283. The number of fused-ring (bicyclic) bond motifs is 10. The van der Waals surface area contributed by atoms with Crippen LogP contribution in [0.2, 0.25) is 0 Å². The molecule has 0 saturated heterocycles. The first-order valence-corrected chi connectivity index (χ1v) is 21.3. The smallest absolute Gasteiger partial charge is 0.171 e. The number of para-hydroxylation sites is 2. The monoisotopic (exact) mass is 780 g/mol. The van der Waals surface area contributed by atoms with E-state index in [1.54, 1.807) is 0 Å². The van der Waals surface area contributed by atoms with E-state index in [4.69, 9.17) is 0 Å². The largest absolute Gasteiger partial charge is 0.309 e. The second-order valence-corrected chi connectivity index (χ2v) is 16.2. The molecule has 0 amide bonds. The molecule has 61 heavy (non-hydrogen) atoms. The normalized spacial score (nSPS) is 15.5. The van der Waals surface area contributed by atoms with E-state index in [2.05, 4.69) is 240 Å². The van der Waals surface area contributed by atoms with Crippen LogP contribution in [0.4, 0.5) is 0 Å². The molecule has 2 heterocycles. The van der Waals surface area contributed by atoms with E-state index in [0.717, 1.165) is 0 Å². The molecule has 0 bridgehead atoms. The highest BCUT2D eigenvalue weighted by molar-refractivity contribution is 6.38. The highest BCUT2D eigenvalue weighted by atomic mass is 15.2. The van der Waals surface area contributed by atoms with Crippen LogP contribution in [0.15, 0.2) is 224 Å². The van der Waals surface area contributed by atoms with E-state index >= 15 is 0 Å². The lowest BCUT2D eigenvalue weighted by atomic mass is 9.88. The molecule has 0 aliphatic carbocycles. The van der Waals surface area contributed by atoms with Gasteiger partial charge in [0.1, 0.15) is 5.70 Å². The summed E-state index contributed by atoms with van der Waals surface area (Å²) >= 11 is 0. The lowest BCUT2D eigenvalue weighted by Gasteiger charge is -2.29. The molecule has 12 rings (SSSR count). The second kappa shape index (κ2) is 14.6. The van der Waals surface area contributed by atoms with E-state index in [1.807, 2.05) is 0 Å². The highest BCUT2D eigenvalue weighted by Gasteiger charge is 2.28. The van der Waals surface area contributed by atoms with Crippen molar-refractivity contribution in [2.45, 2.75) is 12.2 Å². The molecule has 1 aliphatic rings. The third kappa shape index (κ3) is 5.97. The topological polar surface area (TPSA) is 33.6 Å². The first-order chi connectivity index (χ1) is 30.3. The molecule has 288 valence electrons. The van der Waals surface area contributed by atoms with Crippen molar-refractivity contribution in [2.75, 3.05) is 0 Å². The van der Waals surface area contributed by atoms with Gasteiger partial charge in [0.25, 0.3) is 0 Å². The van der Waals surface area contributed by atoms with Gasteiger partial charge in [0, 0.05) is 38.4 Å². The zero-order valence-corrected chi connectivity index (χ0v) is 33.5. The van der Waals surface area contributed by atoms with Gasteiger partial charge >= 0.3 is 0 Å². The quantitative estimate of drug-likeness (QED) is 0.162. The second-order valence-electron chi connectivity index (χ2n) is 16.2. The van der Waals surface area contributed by atoms with Crippen LogP contribution in [0.1, 0.15) is 28.9 Å². The lowest BCUT2D eigenvalue weighted by molar-refractivity contribution is -0.621. The van der Waals surface area contributed by atoms with E-state index in [-0.39, 0.29) is 12.2 Å². The Bertz CT molecular complexity index is 3440. The summed E-state index contributed by atoms with van der Waals surface area (Å²) in [7, 11) is 0. The van der Waals surface area contributed by atoms with Gasteiger partial charge in [0.05, 0.1) is 17.1 Å². The summed E-state index contributed by atoms with van der Waals surface area (Å²) in [5.74, 6) is 0. The fraction of sp³-hybridized carbons (Fsp3) is 0.0345. The summed E-state index contributed by atoms with van der Waals surface area (Å²) in [5.41, 5.74) is 13.5. The summed E-state index contributed by atoms with van der Waals surface area (Å²) in [6.45, 7) is 0. The fourth-order valence-corrected chi connectivity index (χ4v) is 9.91. The Morgan fingerprint density at radius 3 is 1.66 bits per heavy atom. The molecule has 3 N–H and O–H groups in total. The summed E-state index contributed by atoms with van der Waals surface area (Å²) in [6.07, 6.45) is 2.44. The number of nitrogens with zero attached hydrogens (tertiary/aromatic N) is 1. The number of nitrogens with two attached hydrogens (primary N) is 1. The third-order valence-corrected chi connectivity index (χ3v) is 12.8. The minimum atomic E-state index is 0.0283. The van der Waals surface area contributed by atoms with Gasteiger partial charge in [0.2, 0.25) is 0 Å². The number of quaternary nitrogens is 1. The van der Waals surface area contributed by atoms with Crippen LogP contribution in [-0.2, 0) is 0 Å². The van der Waals surface area contributed by atoms with Crippen molar-refractivity contribution in [3.8, 4) is 27.9 Å². The Kier molecular flexibility index (Phi) is 8.48. The Labute approximate surface area is 354 Å². The Morgan fingerprint density at radius 2 is 0.934 bits per heavy atom. The van der Waals surface area contributed by atoms with Gasteiger partial charge in [-0.15, -0.1) is 0 Å². The molecule has 11 aromatic rings. The van der Waals surface area contributed by atoms with Crippen LogP contribution in [0, 0.1) is 0 Å². The predicted octanol–water partition coefficient (Wildman–Crippen LogP) is 13.5. The number of hydrogen-bond donors (Lipinski definition) is 2. The van der Waals surface area contributed by atoms with Gasteiger partial charge in [-0.25, -0.2) is 0 Å². The highest BCUT2D eigenvalue weighted by Crippen LogP contribution is 2.47. The van der Waals surface area contributed by atoms with Gasteiger partial charge < -0.3 is 4.57 Å². The van der Waals surface area contributed by atoms with Crippen molar-refractivity contribution < 1.29 is 5.32 Å².